The molecule has 180 valence electrons. The van der Waals surface area contributed by atoms with Crippen molar-refractivity contribution in [1.82, 2.24) is 9.80 Å². The Hall–Kier alpha value is -2.10. The Kier molecular flexibility index (Phi) is 11.7. The van der Waals surface area contributed by atoms with Crippen LogP contribution in [0.15, 0.2) is 61.1 Å². The van der Waals surface area contributed by atoms with Gasteiger partial charge in [-0.25, -0.2) is 8.78 Å². The molecule has 2 unspecified atom stereocenters. The summed E-state index contributed by atoms with van der Waals surface area (Å²) in [5.41, 5.74) is 2.94. The Morgan fingerprint density at radius 3 is 2.44 bits per heavy atom. The molecule has 0 fully saturated rings. The third-order valence-corrected chi connectivity index (χ3v) is 6.30. The van der Waals surface area contributed by atoms with Crippen molar-refractivity contribution >= 4 is 0 Å². The molecule has 1 aromatic rings. The Morgan fingerprint density at radius 2 is 1.88 bits per heavy atom. The van der Waals surface area contributed by atoms with E-state index in [1.165, 1.54) is 6.07 Å². The molecule has 0 saturated heterocycles. The number of benzene rings is 1. The number of allylic oxidation sites excluding steroid dienone is 1. The Labute approximate surface area is 195 Å². The minimum Gasteiger partial charge on any atom is -0.364 e. The predicted molar refractivity (Wildman–Crippen MR) is 134 cm³/mol. The highest BCUT2D eigenvalue weighted by molar-refractivity contribution is 5.30. The summed E-state index contributed by atoms with van der Waals surface area (Å²) in [5, 5.41) is 0. The second-order valence-corrected chi connectivity index (χ2v) is 9.21. The van der Waals surface area contributed by atoms with E-state index in [0.29, 0.717) is 18.5 Å². The van der Waals surface area contributed by atoms with Gasteiger partial charge in [0.15, 0.2) is 0 Å². The standard InChI is InChI=1S/C28H44F2N2/c1-9-12-16-27(18-17-22(4)10-2)32(24(6)23(5)20-31(8)11-3)21-25-14-13-15-26(19-25)28(7,29)30/h11,13-15,19-20,22,27H,3,6,9-10,12,16-18,21H2,1-2,4-5,7-8H3/b23-20+. The number of alkyl halides is 2. The molecule has 32 heavy (non-hydrogen) atoms. The van der Waals surface area contributed by atoms with Gasteiger partial charge in [0.1, 0.15) is 0 Å². The van der Waals surface area contributed by atoms with E-state index in [0.717, 1.165) is 62.3 Å². The van der Waals surface area contributed by atoms with Gasteiger partial charge in [0.2, 0.25) is 0 Å². The van der Waals surface area contributed by atoms with Crippen LogP contribution < -0.4 is 0 Å². The highest BCUT2D eigenvalue weighted by Crippen LogP contribution is 2.30. The summed E-state index contributed by atoms with van der Waals surface area (Å²) in [4.78, 5) is 4.25. The molecule has 1 rings (SSSR count). The van der Waals surface area contributed by atoms with E-state index in [4.69, 9.17) is 0 Å². The van der Waals surface area contributed by atoms with Crippen LogP contribution in [-0.2, 0) is 12.5 Å². The number of hydrogen-bond acceptors (Lipinski definition) is 2. The zero-order valence-electron chi connectivity index (χ0n) is 21.1. The second-order valence-electron chi connectivity index (χ2n) is 9.21. The first-order chi connectivity index (χ1) is 15.0. The maximum absolute atomic E-state index is 14.0. The van der Waals surface area contributed by atoms with Crippen LogP contribution in [0.25, 0.3) is 0 Å². The molecule has 0 aliphatic carbocycles. The molecule has 0 saturated carbocycles. The van der Waals surface area contributed by atoms with E-state index in [9.17, 15) is 8.78 Å². The lowest BCUT2D eigenvalue weighted by molar-refractivity contribution is 0.0173. The van der Waals surface area contributed by atoms with Gasteiger partial charge in [0.05, 0.1) is 0 Å². The van der Waals surface area contributed by atoms with Crippen molar-refractivity contribution in [3.8, 4) is 0 Å². The fourth-order valence-electron chi connectivity index (χ4n) is 3.82. The van der Waals surface area contributed by atoms with Crippen LogP contribution in [0.3, 0.4) is 0 Å². The molecule has 0 radical (unpaired) electrons. The minimum absolute atomic E-state index is 0.0592. The van der Waals surface area contributed by atoms with Gasteiger partial charge >= 0.3 is 0 Å². The first-order valence-electron chi connectivity index (χ1n) is 12.0. The fourth-order valence-corrected chi connectivity index (χ4v) is 3.82. The van der Waals surface area contributed by atoms with Crippen molar-refractivity contribution in [2.24, 2.45) is 5.92 Å². The molecule has 1 aromatic carbocycles. The summed E-state index contributed by atoms with van der Waals surface area (Å²) in [6.45, 7) is 18.6. The molecule has 4 heteroatoms. The zero-order valence-corrected chi connectivity index (χ0v) is 21.1. The molecular weight excluding hydrogens is 402 g/mol. The van der Waals surface area contributed by atoms with Crippen LogP contribution in [0.1, 0.15) is 84.3 Å². The topological polar surface area (TPSA) is 6.48 Å². The smallest absolute Gasteiger partial charge is 0.270 e. The van der Waals surface area contributed by atoms with E-state index >= 15 is 0 Å². The van der Waals surface area contributed by atoms with Gasteiger partial charge in [0, 0.05) is 44.0 Å². The van der Waals surface area contributed by atoms with Gasteiger partial charge in [-0.15, -0.1) is 0 Å². The first kappa shape index (κ1) is 27.9. The monoisotopic (exact) mass is 446 g/mol. The average Bonchev–Trinajstić information content (AvgIpc) is 2.76. The van der Waals surface area contributed by atoms with Crippen LogP contribution in [0, 0.1) is 5.92 Å². The summed E-state index contributed by atoms with van der Waals surface area (Å²) >= 11 is 0. The number of hydrogen-bond donors (Lipinski definition) is 0. The van der Waals surface area contributed by atoms with Crippen molar-refractivity contribution in [2.75, 3.05) is 7.05 Å². The molecule has 0 bridgehead atoms. The first-order valence-corrected chi connectivity index (χ1v) is 12.0. The SMILES string of the molecule is C=CN(C)/C=C(\C)C(=C)N(Cc1cccc(C(C)(F)F)c1)C(CCCC)CCC(C)CC. The number of unbranched alkanes of at least 4 members (excludes halogenated alkanes) is 1. The van der Waals surface area contributed by atoms with Crippen LogP contribution in [0.2, 0.25) is 0 Å². The van der Waals surface area contributed by atoms with Gasteiger partial charge in [-0.3, -0.25) is 0 Å². The van der Waals surface area contributed by atoms with Crippen LogP contribution in [-0.4, -0.2) is 22.9 Å². The second kappa shape index (κ2) is 13.4. The van der Waals surface area contributed by atoms with Crippen LogP contribution in [0.4, 0.5) is 8.78 Å². The summed E-state index contributed by atoms with van der Waals surface area (Å²) in [6.07, 6.45) is 10.5. The molecule has 0 amide bonds. The number of halogens is 2. The van der Waals surface area contributed by atoms with Gasteiger partial charge in [0.25, 0.3) is 5.92 Å². The van der Waals surface area contributed by atoms with Crippen molar-refractivity contribution in [3.63, 3.8) is 0 Å². The predicted octanol–water partition coefficient (Wildman–Crippen LogP) is 8.48. The Bertz CT molecular complexity index is 748. The van der Waals surface area contributed by atoms with E-state index in [1.54, 1.807) is 18.3 Å². The normalized spacial score (nSPS) is 14.1. The lowest BCUT2D eigenvalue weighted by Crippen LogP contribution is -2.35. The lowest BCUT2D eigenvalue weighted by atomic mass is 9.94. The van der Waals surface area contributed by atoms with Gasteiger partial charge in [-0.1, -0.05) is 71.4 Å². The summed E-state index contributed by atoms with van der Waals surface area (Å²) < 4.78 is 27.9. The van der Waals surface area contributed by atoms with Crippen molar-refractivity contribution in [2.45, 2.75) is 91.7 Å². The van der Waals surface area contributed by atoms with E-state index in [2.05, 4.69) is 45.8 Å². The largest absolute Gasteiger partial charge is 0.364 e. The van der Waals surface area contributed by atoms with E-state index < -0.39 is 5.92 Å². The molecule has 0 aromatic heterocycles. The number of rotatable bonds is 15. The van der Waals surface area contributed by atoms with Gasteiger partial charge < -0.3 is 9.80 Å². The zero-order chi connectivity index (χ0) is 24.3. The van der Waals surface area contributed by atoms with E-state index in [-0.39, 0.29) is 5.56 Å². The maximum Gasteiger partial charge on any atom is 0.270 e. The molecular formula is C28H44F2N2. The minimum atomic E-state index is -2.85. The third kappa shape index (κ3) is 9.18. The number of nitrogens with zero attached hydrogens (tertiary/aromatic N) is 2. The molecule has 2 nitrogen and oxygen atoms in total. The molecule has 2 atom stereocenters. The van der Waals surface area contributed by atoms with Crippen molar-refractivity contribution in [3.05, 3.63) is 72.2 Å². The summed E-state index contributed by atoms with van der Waals surface area (Å²) in [5.74, 6) is -2.18. The maximum atomic E-state index is 14.0. The Morgan fingerprint density at radius 1 is 1.19 bits per heavy atom. The van der Waals surface area contributed by atoms with Gasteiger partial charge in [-0.2, -0.15) is 0 Å². The highest BCUT2D eigenvalue weighted by Gasteiger charge is 2.26. The average molecular weight is 447 g/mol. The highest BCUT2D eigenvalue weighted by atomic mass is 19.3. The quantitative estimate of drug-likeness (QED) is 0.249. The van der Waals surface area contributed by atoms with Crippen LogP contribution >= 0.6 is 0 Å². The van der Waals surface area contributed by atoms with Crippen molar-refractivity contribution < 1.29 is 8.78 Å². The lowest BCUT2D eigenvalue weighted by Gasteiger charge is -2.37. The molecule has 0 spiro atoms. The van der Waals surface area contributed by atoms with Crippen molar-refractivity contribution in [1.29, 1.82) is 0 Å². The molecule has 0 N–H and O–H groups in total. The van der Waals surface area contributed by atoms with E-state index in [1.807, 2.05) is 24.2 Å². The van der Waals surface area contributed by atoms with Crippen LogP contribution in [0.5, 0.6) is 0 Å². The Balaban J connectivity index is 3.32. The molecule has 0 heterocycles. The summed E-state index contributed by atoms with van der Waals surface area (Å²) in [6, 6.07) is 7.14. The molecule has 0 aliphatic rings. The fraction of sp³-hybridized carbons (Fsp3) is 0.571. The summed E-state index contributed by atoms with van der Waals surface area (Å²) in [7, 11) is 1.94. The molecule has 0 aliphatic heterocycles. The third-order valence-electron chi connectivity index (χ3n) is 6.30. The van der Waals surface area contributed by atoms with Gasteiger partial charge in [-0.05, 0) is 55.5 Å².